The lowest BCUT2D eigenvalue weighted by Crippen LogP contribution is -2.48. The summed E-state index contributed by atoms with van der Waals surface area (Å²) in [5.74, 6) is 1.01. The van der Waals surface area contributed by atoms with Gasteiger partial charge in [-0.2, -0.15) is 0 Å². The number of rotatable bonds is 4. The van der Waals surface area contributed by atoms with Gasteiger partial charge in [-0.15, -0.1) is 11.3 Å². The van der Waals surface area contributed by atoms with Crippen molar-refractivity contribution >= 4 is 28.0 Å². The highest BCUT2D eigenvalue weighted by Gasteiger charge is 2.23. The van der Waals surface area contributed by atoms with Gasteiger partial charge in [-0.05, 0) is 25.0 Å². The maximum atomic E-state index is 13.0. The van der Waals surface area contributed by atoms with Crippen molar-refractivity contribution in [2.75, 3.05) is 44.2 Å². The summed E-state index contributed by atoms with van der Waals surface area (Å²) in [5.41, 5.74) is 1.39. The predicted octanol–water partition coefficient (Wildman–Crippen LogP) is 2.49. The second kappa shape index (κ2) is 9.38. The molecule has 0 spiro atoms. The van der Waals surface area contributed by atoms with Gasteiger partial charge >= 0.3 is 0 Å². The van der Waals surface area contributed by atoms with Crippen LogP contribution < -0.4 is 10.5 Å². The third-order valence-corrected chi connectivity index (χ3v) is 7.08. The molecule has 0 atom stereocenters. The van der Waals surface area contributed by atoms with E-state index >= 15 is 0 Å². The van der Waals surface area contributed by atoms with Crippen LogP contribution in [-0.2, 0) is 6.54 Å². The number of carbonyl (C=O) groups is 1. The Morgan fingerprint density at radius 1 is 1.00 bits per heavy atom. The van der Waals surface area contributed by atoms with Gasteiger partial charge in [0.25, 0.3) is 11.5 Å². The Labute approximate surface area is 191 Å². The lowest BCUT2D eigenvalue weighted by Gasteiger charge is -2.34. The second-order valence-corrected chi connectivity index (χ2v) is 9.39. The maximum absolute atomic E-state index is 13.0. The van der Waals surface area contributed by atoms with E-state index in [1.807, 2.05) is 22.4 Å². The van der Waals surface area contributed by atoms with E-state index in [-0.39, 0.29) is 11.5 Å². The number of hydrogen-bond acceptors (Lipinski definition) is 7. The number of amides is 1. The summed E-state index contributed by atoms with van der Waals surface area (Å²) in [5, 5.41) is 1.87. The number of carbonyl (C=O) groups excluding carboxylic acids is 1. The fourth-order valence-electron chi connectivity index (χ4n) is 4.49. The van der Waals surface area contributed by atoms with Crippen molar-refractivity contribution in [3.8, 4) is 0 Å². The molecule has 0 unspecified atom stereocenters. The zero-order valence-corrected chi connectivity index (χ0v) is 19.0. The molecule has 2 fully saturated rings. The molecule has 0 aliphatic carbocycles. The van der Waals surface area contributed by atoms with E-state index in [0.717, 1.165) is 42.7 Å². The topological polar surface area (TPSA) is 74.1 Å². The Morgan fingerprint density at radius 3 is 2.50 bits per heavy atom. The summed E-state index contributed by atoms with van der Waals surface area (Å²) in [4.78, 5) is 41.5. The molecule has 0 aromatic carbocycles. The first-order valence-electron chi connectivity index (χ1n) is 11.4. The van der Waals surface area contributed by atoms with Crippen LogP contribution in [0.4, 0.5) is 5.82 Å². The highest BCUT2D eigenvalue weighted by Crippen LogP contribution is 2.18. The van der Waals surface area contributed by atoms with Crippen LogP contribution in [0.2, 0.25) is 0 Å². The fraction of sp³-hybridized carbons (Fsp3) is 0.478. The molecule has 3 aromatic heterocycles. The molecule has 0 bridgehead atoms. The van der Waals surface area contributed by atoms with E-state index in [1.54, 1.807) is 22.9 Å². The number of piperazine rings is 1. The van der Waals surface area contributed by atoms with Gasteiger partial charge in [0, 0.05) is 69.7 Å². The highest BCUT2D eigenvalue weighted by atomic mass is 32.1. The SMILES string of the molecule is O=C(c1ccc(N2CCCCCC2)nc1)N1CCN(Cc2cc(=O)n3ccsc3n2)CC1. The molecule has 0 radical (unpaired) electrons. The first kappa shape index (κ1) is 21.1. The van der Waals surface area contributed by atoms with Gasteiger partial charge in [-0.3, -0.25) is 18.9 Å². The molecule has 2 aliphatic heterocycles. The zero-order valence-electron chi connectivity index (χ0n) is 18.2. The van der Waals surface area contributed by atoms with Gasteiger partial charge in [-0.1, -0.05) is 12.8 Å². The largest absolute Gasteiger partial charge is 0.357 e. The summed E-state index contributed by atoms with van der Waals surface area (Å²) < 4.78 is 1.57. The number of nitrogens with zero attached hydrogens (tertiary/aromatic N) is 6. The summed E-state index contributed by atoms with van der Waals surface area (Å²) >= 11 is 1.46. The van der Waals surface area contributed by atoms with Crippen LogP contribution in [0.25, 0.3) is 4.96 Å². The average molecular weight is 453 g/mol. The van der Waals surface area contributed by atoms with E-state index in [4.69, 9.17) is 0 Å². The van der Waals surface area contributed by atoms with Crippen molar-refractivity contribution in [1.82, 2.24) is 24.2 Å². The van der Waals surface area contributed by atoms with Crippen LogP contribution in [0.5, 0.6) is 0 Å². The molecule has 9 heteroatoms. The predicted molar refractivity (Wildman–Crippen MR) is 125 cm³/mol. The van der Waals surface area contributed by atoms with Crippen molar-refractivity contribution in [2.24, 2.45) is 0 Å². The third-order valence-electron chi connectivity index (χ3n) is 6.33. The molecule has 2 saturated heterocycles. The Hall–Kier alpha value is -2.78. The Kier molecular flexibility index (Phi) is 6.18. The smallest absolute Gasteiger partial charge is 0.258 e. The lowest BCUT2D eigenvalue weighted by molar-refractivity contribution is 0.0626. The Morgan fingerprint density at radius 2 is 1.78 bits per heavy atom. The number of thiazole rings is 1. The maximum Gasteiger partial charge on any atom is 0.258 e. The van der Waals surface area contributed by atoms with Crippen molar-refractivity contribution in [2.45, 2.75) is 32.2 Å². The number of pyridine rings is 1. The first-order chi connectivity index (χ1) is 15.7. The quantitative estimate of drug-likeness (QED) is 0.606. The van der Waals surface area contributed by atoms with Crippen LogP contribution in [0.3, 0.4) is 0 Å². The van der Waals surface area contributed by atoms with Gasteiger partial charge in [-0.25, -0.2) is 9.97 Å². The summed E-state index contributed by atoms with van der Waals surface area (Å²) in [6.07, 6.45) is 8.46. The molecule has 168 valence electrons. The van der Waals surface area contributed by atoms with E-state index in [0.29, 0.717) is 25.2 Å². The monoisotopic (exact) mass is 452 g/mol. The molecule has 2 aliphatic rings. The van der Waals surface area contributed by atoms with E-state index in [1.165, 1.54) is 37.0 Å². The molecule has 0 saturated carbocycles. The number of aromatic nitrogens is 3. The summed E-state index contributed by atoms with van der Waals surface area (Å²) in [6, 6.07) is 5.50. The normalized spacial score (nSPS) is 18.1. The van der Waals surface area contributed by atoms with Crippen molar-refractivity contribution in [3.63, 3.8) is 0 Å². The Bertz CT molecular complexity index is 1130. The average Bonchev–Trinajstić information content (AvgIpc) is 3.13. The Balaban J connectivity index is 1.17. The number of fused-ring (bicyclic) bond motifs is 1. The lowest BCUT2D eigenvalue weighted by atomic mass is 10.2. The van der Waals surface area contributed by atoms with Crippen molar-refractivity contribution in [1.29, 1.82) is 0 Å². The van der Waals surface area contributed by atoms with E-state index in [2.05, 4.69) is 19.8 Å². The highest BCUT2D eigenvalue weighted by molar-refractivity contribution is 7.15. The molecule has 32 heavy (non-hydrogen) atoms. The second-order valence-electron chi connectivity index (χ2n) is 8.52. The van der Waals surface area contributed by atoms with Crippen LogP contribution >= 0.6 is 11.3 Å². The fourth-order valence-corrected chi connectivity index (χ4v) is 5.23. The van der Waals surface area contributed by atoms with Crippen LogP contribution in [0.1, 0.15) is 41.7 Å². The molecule has 5 rings (SSSR count). The van der Waals surface area contributed by atoms with Crippen LogP contribution in [-0.4, -0.2) is 69.3 Å². The van der Waals surface area contributed by atoms with E-state index in [9.17, 15) is 9.59 Å². The third kappa shape index (κ3) is 4.54. The molecule has 8 nitrogen and oxygen atoms in total. The number of anilines is 1. The minimum Gasteiger partial charge on any atom is -0.357 e. The minimum atomic E-state index is -0.0452. The molecule has 1 amide bonds. The zero-order chi connectivity index (χ0) is 21.9. The molecule has 0 N–H and O–H groups in total. The molecular formula is C23H28N6O2S. The minimum absolute atomic E-state index is 0.0379. The van der Waals surface area contributed by atoms with Crippen LogP contribution in [0.15, 0.2) is 40.8 Å². The van der Waals surface area contributed by atoms with Gasteiger partial charge in [0.05, 0.1) is 11.3 Å². The van der Waals surface area contributed by atoms with Crippen molar-refractivity contribution < 1.29 is 4.79 Å². The van der Waals surface area contributed by atoms with Gasteiger partial charge < -0.3 is 9.80 Å². The van der Waals surface area contributed by atoms with Gasteiger partial charge in [0.15, 0.2) is 4.96 Å². The van der Waals surface area contributed by atoms with Gasteiger partial charge in [0.2, 0.25) is 0 Å². The van der Waals surface area contributed by atoms with E-state index < -0.39 is 0 Å². The summed E-state index contributed by atoms with van der Waals surface area (Å²) in [7, 11) is 0. The van der Waals surface area contributed by atoms with Crippen molar-refractivity contribution in [3.05, 3.63) is 57.6 Å². The molecule has 3 aromatic rings. The van der Waals surface area contributed by atoms with Crippen LogP contribution in [0, 0.1) is 0 Å². The number of hydrogen-bond donors (Lipinski definition) is 0. The molecule has 5 heterocycles. The summed E-state index contributed by atoms with van der Waals surface area (Å²) in [6.45, 7) is 5.55. The van der Waals surface area contributed by atoms with Gasteiger partial charge in [0.1, 0.15) is 5.82 Å². The standard InChI is InChI=1S/C23H28N6O2S/c30-21-15-19(25-23-29(21)13-14-32-23)17-26-9-11-28(12-10-26)22(31)18-5-6-20(24-16-18)27-7-3-1-2-4-8-27/h5-6,13-16H,1-4,7-12,17H2. The molecular weight excluding hydrogens is 424 g/mol. The first-order valence-corrected chi connectivity index (χ1v) is 12.2.